The molecule has 4 rings (SSSR count). The van der Waals surface area contributed by atoms with E-state index in [4.69, 9.17) is 11.1 Å². The zero-order valence-corrected chi connectivity index (χ0v) is 16.7. The van der Waals surface area contributed by atoms with E-state index in [0.717, 1.165) is 35.0 Å². The van der Waals surface area contributed by atoms with Crippen molar-refractivity contribution >= 4 is 28.2 Å². The van der Waals surface area contributed by atoms with Gasteiger partial charge < -0.3 is 15.6 Å². The monoisotopic (exact) mass is 388 g/mol. The van der Waals surface area contributed by atoms with Gasteiger partial charge in [0.25, 0.3) is 0 Å². The van der Waals surface area contributed by atoms with Gasteiger partial charge in [-0.3, -0.25) is 10.2 Å². The number of nitrogens with two attached hydrogens (primary N) is 1. The lowest BCUT2D eigenvalue weighted by Gasteiger charge is -2.35. The highest BCUT2D eigenvalue weighted by molar-refractivity contribution is 6.00. The van der Waals surface area contributed by atoms with Crippen molar-refractivity contribution in [2.45, 2.75) is 44.6 Å². The average Bonchev–Trinajstić information content (AvgIpc) is 3.15. The normalized spacial score (nSPS) is 14.8. The molecule has 1 saturated carbocycles. The van der Waals surface area contributed by atoms with Crippen molar-refractivity contribution in [1.29, 1.82) is 5.41 Å². The molecule has 1 aromatic heterocycles. The number of fused-ring (bicyclic) bond motifs is 1. The lowest BCUT2D eigenvalue weighted by molar-refractivity contribution is -0.117. The van der Waals surface area contributed by atoms with Crippen LogP contribution in [0.4, 0.5) is 5.69 Å². The van der Waals surface area contributed by atoms with Crippen LogP contribution in [0.3, 0.4) is 0 Å². The number of ketones is 1. The van der Waals surface area contributed by atoms with E-state index in [1.54, 1.807) is 0 Å². The van der Waals surface area contributed by atoms with Gasteiger partial charge >= 0.3 is 0 Å². The van der Waals surface area contributed by atoms with Crippen molar-refractivity contribution in [2.75, 3.05) is 11.4 Å². The Balaban J connectivity index is 1.54. The summed E-state index contributed by atoms with van der Waals surface area (Å²) in [5.41, 5.74) is 9.37. The zero-order valence-electron chi connectivity index (χ0n) is 16.7. The highest BCUT2D eigenvalue weighted by atomic mass is 16.1. The number of H-pyrrole nitrogens is 1. The van der Waals surface area contributed by atoms with Crippen LogP contribution in [0, 0.1) is 5.41 Å². The molecular formula is C24H28N4O. The highest BCUT2D eigenvalue weighted by Crippen LogP contribution is 2.28. The number of anilines is 1. The van der Waals surface area contributed by atoms with Crippen LogP contribution in [0.1, 0.15) is 43.2 Å². The highest BCUT2D eigenvalue weighted by Gasteiger charge is 2.24. The van der Waals surface area contributed by atoms with Crippen molar-refractivity contribution in [2.24, 2.45) is 5.73 Å². The molecule has 2 aromatic carbocycles. The van der Waals surface area contributed by atoms with Gasteiger partial charge in [-0.15, -0.1) is 0 Å². The van der Waals surface area contributed by atoms with Gasteiger partial charge in [0.1, 0.15) is 5.84 Å². The molecule has 150 valence electrons. The number of hydrogen-bond donors (Lipinski definition) is 3. The topological polar surface area (TPSA) is 86.0 Å². The first-order valence-electron chi connectivity index (χ1n) is 10.4. The Kier molecular flexibility index (Phi) is 5.65. The number of rotatable bonds is 7. The summed E-state index contributed by atoms with van der Waals surface area (Å²) in [6.07, 6.45) is 8.34. The fraction of sp³-hybridized carbons (Fsp3) is 0.333. The number of nitrogens with one attached hydrogen (secondary N) is 2. The van der Waals surface area contributed by atoms with E-state index in [1.807, 2.05) is 42.6 Å². The molecule has 4 N–H and O–H groups in total. The molecule has 1 aliphatic carbocycles. The van der Waals surface area contributed by atoms with Gasteiger partial charge in [0.2, 0.25) is 0 Å². The Morgan fingerprint density at radius 3 is 2.59 bits per heavy atom. The SMILES string of the molecule is N=C(N)c1ccc2[nH]cc(CC(=O)CN(c3ccccc3)C3CCCCC3)c2c1. The number of aromatic nitrogens is 1. The lowest BCUT2D eigenvalue weighted by atomic mass is 9.93. The second kappa shape index (κ2) is 8.52. The maximum atomic E-state index is 13.1. The molecule has 1 fully saturated rings. The molecule has 0 spiro atoms. The fourth-order valence-corrected chi connectivity index (χ4v) is 4.39. The molecule has 0 saturated heterocycles. The van der Waals surface area contributed by atoms with Gasteiger partial charge in [-0.1, -0.05) is 37.5 Å². The van der Waals surface area contributed by atoms with Gasteiger partial charge in [0, 0.05) is 40.8 Å². The number of hydrogen-bond acceptors (Lipinski definition) is 3. The first-order chi connectivity index (χ1) is 14.1. The van der Waals surface area contributed by atoms with Gasteiger partial charge in [-0.05, 0) is 48.7 Å². The van der Waals surface area contributed by atoms with Crippen LogP contribution in [-0.2, 0) is 11.2 Å². The fourth-order valence-electron chi connectivity index (χ4n) is 4.39. The standard InChI is InChI=1S/C24H28N4O/c25-24(26)17-11-12-23-22(14-17)18(15-27-23)13-21(29)16-28(19-7-3-1-4-8-19)20-9-5-2-6-10-20/h1,3-4,7-8,11-12,14-15,20,27H,2,5-6,9-10,13,16H2,(H3,25,26). The number of amidine groups is 1. The summed E-state index contributed by atoms with van der Waals surface area (Å²) >= 11 is 0. The van der Waals surface area contributed by atoms with Crippen molar-refractivity contribution in [3.63, 3.8) is 0 Å². The van der Waals surface area contributed by atoms with Crippen LogP contribution in [0.15, 0.2) is 54.7 Å². The molecule has 0 atom stereocenters. The van der Waals surface area contributed by atoms with Gasteiger partial charge in [0.15, 0.2) is 5.78 Å². The molecule has 3 aromatic rings. The minimum atomic E-state index is 0.0397. The molecule has 0 unspecified atom stereocenters. The molecule has 5 heteroatoms. The molecular weight excluding hydrogens is 360 g/mol. The maximum absolute atomic E-state index is 13.1. The summed E-state index contributed by atoms with van der Waals surface area (Å²) in [6.45, 7) is 0.424. The van der Waals surface area contributed by atoms with Gasteiger partial charge in [0.05, 0.1) is 6.54 Å². The predicted molar refractivity (Wildman–Crippen MR) is 119 cm³/mol. The van der Waals surface area contributed by atoms with E-state index in [1.165, 1.54) is 19.3 Å². The van der Waals surface area contributed by atoms with E-state index < -0.39 is 0 Å². The van der Waals surface area contributed by atoms with Crippen molar-refractivity contribution in [1.82, 2.24) is 4.98 Å². The zero-order chi connectivity index (χ0) is 20.2. The lowest BCUT2D eigenvalue weighted by Crippen LogP contribution is -2.40. The minimum absolute atomic E-state index is 0.0397. The number of aromatic amines is 1. The Morgan fingerprint density at radius 2 is 1.86 bits per heavy atom. The van der Waals surface area contributed by atoms with Crippen LogP contribution >= 0.6 is 0 Å². The predicted octanol–water partition coefficient (Wildman–Crippen LogP) is 4.40. The average molecular weight is 389 g/mol. The Hall–Kier alpha value is -3.08. The number of nitrogens with zero attached hydrogens (tertiary/aromatic N) is 1. The molecule has 0 aliphatic heterocycles. The number of nitrogen functional groups attached to an aromatic ring is 1. The number of carbonyl (C=O) groups is 1. The van der Waals surface area contributed by atoms with Crippen LogP contribution in [-0.4, -0.2) is 29.2 Å². The van der Waals surface area contributed by atoms with E-state index in [9.17, 15) is 4.79 Å². The number of benzene rings is 2. The Bertz CT molecular complexity index is 1000. The summed E-state index contributed by atoms with van der Waals surface area (Å²) in [4.78, 5) is 18.6. The van der Waals surface area contributed by atoms with Crippen molar-refractivity contribution < 1.29 is 4.79 Å². The number of Topliss-reactive ketones (excluding diaryl/α,β-unsaturated/α-hetero) is 1. The van der Waals surface area contributed by atoms with E-state index >= 15 is 0 Å². The summed E-state index contributed by atoms with van der Waals surface area (Å²) in [6, 6.07) is 16.4. The smallest absolute Gasteiger partial charge is 0.156 e. The summed E-state index contributed by atoms with van der Waals surface area (Å²) in [5.74, 6) is 0.242. The van der Waals surface area contributed by atoms with Crippen LogP contribution in [0.5, 0.6) is 0 Å². The van der Waals surface area contributed by atoms with Crippen molar-refractivity contribution in [3.05, 3.63) is 65.9 Å². The quantitative estimate of drug-likeness (QED) is 0.414. The molecule has 29 heavy (non-hydrogen) atoms. The molecule has 0 amide bonds. The van der Waals surface area contributed by atoms with Gasteiger partial charge in [-0.25, -0.2) is 0 Å². The second-order valence-corrected chi connectivity index (χ2v) is 7.96. The maximum Gasteiger partial charge on any atom is 0.156 e. The second-order valence-electron chi connectivity index (χ2n) is 7.96. The minimum Gasteiger partial charge on any atom is -0.384 e. The molecule has 1 heterocycles. The third-order valence-corrected chi connectivity index (χ3v) is 5.92. The summed E-state index contributed by atoms with van der Waals surface area (Å²) in [5, 5.41) is 8.64. The number of carbonyl (C=O) groups excluding carboxylic acids is 1. The summed E-state index contributed by atoms with van der Waals surface area (Å²) in [7, 11) is 0. The first-order valence-corrected chi connectivity index (χ1v) is 10.4. The Morgan fingerprint density at radius 1 is 1.10 bits per heavy atom. The van der Waals surface area contributed by atoms with Gasteiger partial charge in [-0.2, -0.15) is 0 Å². The molecule has 0 bridgehead atoms. The largest absolute Gasteiger partial charge is 0.384 e. The third-order valence-electron chi connectivity index (χ3n) is 5.92. The molecule has 5 nitrogen and oxygen atoms in total. The van der Waals surface area contributed by atoms with Crippen LogP contribution < -0.4 is 10.6 Å². The third kappa shape index (κ3) is 4.34. The number of para-hydroxylation sites is 1. The van der Waals surface area contributed by atoms with E-state index in [2.05, 4.69) is 22.0 Å². The van der Waals surface area contributed by atoms with Crippen LogP contribution in [0.2, 0.25) is 0 Å². The first kappa shape index (κ1) is 19.2. The van der Waals surface area contributed by atoms with E-state index in [-0.39, 0.29) is 11.6 Å². The van der Waals surface area contributed by atoms with E-state index in [0.29, 0.717) is 24.6 Å². The summed E-state index contributed by atoms with van der Waals surface area (Å²) < 4.78 is 0. The van der Waals surface area contributed by atoms with Crippen molar-refractivity contribution in [3.8, 4) is 0 Å². The van der Waals surface area contributed by atoms with Crippen LogP contribution in [0.25, 0.3) is 10.9 Å². The Labute approximate surface area is 171 Å². The molecule has 0 radical (unpaired) electrons. The molecule has 1 aliphatic rings.